The highest BCUT2D eigenvalue weighted by Crippen LogP contribution is 2.30. The molecule has 0 saturated carbocycles. The minimum atomic E-state index is -1.78. The Balaban J connectivity index is 1.95. The minimum absolute atomic E-state index is 0.216. The van der Waals surface area contributed by atoms with Crippen molar-refractivity contribution in [2.45, 2.75) is 209 Å². The Bertz CT molecular complexity index is 883. The van der Waals surface area contributed by atoms with Crippen molar-refractivity contribution in [2.24, 2.45) is 0 Å². The Morgan fingerprint density at radius 1 is 0.627 bits per heavy atom. The monoisotopic (exact) mass is 737 g/mol. The molecule has 0 bridgehead atoms. The first-order valence-corrected chi connectivity index (χ1v) is 19.8. The van der Waals surface area contributed by atoms with Crippen molar-refractivity contribution < 1.29 is 64.6 Å². The number of ether oxygens (including phenoxy) is 4. The number of carbonyl (C=O) groups excluding carboxylic acids is 1. The van der Waals surface area contributed by atoms with Gasteiger partial charge in [-0.25, -0.2) is 0 Å². The van der Waals surface area contributed by atoms with Crippen LogP contribution in [0, 0.1) is 0 Å². The number of nitrogens with one attached hydrogen (secondary N) is 1. The Hall–Kier alpha value is -1.01. The number of aliphatic hydroxyl groups excluding tert-OH is 8. The van der Waals surface area contributed by atoms with E-state index in [1.54, 1.807) is 0 Å². The van der Waals surface area contributed by atoms with Gasteiger partial charge >= 0.3 is 0 Å². The van der Waals surface area contributed by atoms with Crippen LogP contribution in [0.25, 0.3) is 0 Å². The third-order valence-corrected chi connectivity index (χ3v) is 10.1. The third-order valence-electron chi connectivity index (χ3n) is 10.1. The van der Waals surface area contributed by atoms with Crippen molar-refractivity contribution in [3.8, 4) is 0 Å². The molecule has 302 valence electrons. The quantitative estimate of drug-likeness (QED) is 0.0524. The predicted octanol–water partition coefficient (Wildman–Crippen LogP) is 1.92. The third kappa shape index (κ3) is 16.5. The second-order valence-electron chi connectivity index (χ2n) is 14.4. The van der Waals surface area contributed by atoms with Gasteiger partial charge in [0.15, 0.2) is 12.6 Å². The van der Waals surface area contributed by atoms with Gasteiger partial charge in [0.1, 0.15) is 48.8 Å². The lowest BCUT2D eigenvalue weighted by Crippen LogP contribution is -2.65. The maximum Gasteiger partial charge on any atom is 0.220 e. The standard InChI is InChI=1S/C37H71NO13/c1-3-5-7-9-11-13-14-16-18-20-26(41)25(38-29(42)21-19-17-15-12-10-8-6-4-2)24-48-36-34(47)32(45)35(28(23-40)50-36)51-37-33(46)31(44)30(43)27(22-39)49-37/h25-28,30-37,39-41,43-47H,3-24H2,1-2H3,(H,38,42). The van der Waals surface area contributed by atoms with Gasteiger partial charge in [0.2, 0.25) is 5.91 Å². The molecule has 12 unspecified atom stereocenters. The molecule has 2 aliphatic heterocycles. The molecular formula is C37H71NO13. The van der Waals surface area contributed by atoms with Crippen molar-refractivity contribution in [2.75, 3.05) is 19.8 Å². The average Bonchev–Trinajstić information content (AvgIpc) is 3.12. The van der Waals surface area contributed by atoms with E-state index < -0.39 is 86.8 Å². The minimum Gasteiger partial charge on any atom is -0.394 e. The first-order valence-electron chi connectivity index (χ1n) is 19.8. The molecule has 14 heteroatoms. The number of amides is 1. The topological polar surface area (TPSA) is 228 Å². The van der Waals surface area contributed by atoms with Gasteiger partial charge < -0.3 is 65.1 Å². The van der Waals surface area contributed by atoms with Gasteiger partial charge in [-0.2, -0.15) is 0 Å². The summed E-state index contributed by atoms with van der Waals surface area (Å²) in [5.41, 5.74) is 0. The summed E-state index contributed by atoms with van der Waals surface area (Å²) in [6.45, 7) is 2.74. The second-order valence-corrected chi connectivity index (χ2v) is 14.4. The molecule has 2 fully saturated rings. The summed E-state index contributed by atoms with van der Waals surface area (Å²) < 4.78 is 22.5. The van der Waals surface area contributed by atoms with Crippen molar-refractivity contribution in [1.82, 2.24) is 5.32 Å². The highest BCUT2D eigenvalue weighted by Gasteiger charge is 2.50. The van der Waals surface area contributed by atoms with Crippen molar-refractivity contribution in [3.05, 3.63) is 0 Å². The highest BCUT2D eigenvalue weighted by atomic mass is 16.7. The molecule has 51 heavy (non-hydrogen) atoms. The normalized spacial score (nSPS) is 31.0. The van der Waals surface area contributed by atoms with E-state index in [9.17, 15) is 45.6 Å². The van der Waals surface area contributed by atoms with Crippen LogP contribution in [0.15, 0.2) is 0 Å². The molecule has 0 radical (unpaired) electrons. The molecule has 2 heterocycles. The fraction of sp³-hybridized carbons (Fsp3) is 0.973. The van der Waals surface area contributed by atoms with E-state index >= 15 is 0 Å². The van der Waals surface area contributed by atoms with E-state index in [2.05, 4.69) is 19.2 Å². The molecule has 0 aromatic heterocycles. The van der Waals surface area contributed by atoms with Crippen LogP contribution in [0.5, 0.6) is 0 Å². The molecule has 2 saturated heterocycles. The first-order chi connectivity index (χ1) is 24.6. The van der Waals surface area contributed by atoms with E-state index in [-0.39, 0.29) is 12.5 Å². The van der Waals surface area contributed by atoms with Crippen molar-refractivity contribution >= 4 is 5.91 Å². The van der Waals surface area contributed by atoms with Gasteiger partial charge in [-0.1, -0.05) is 117 Å². The lowest BCUT2D eigenvalue weighted by molar-refractivity contribution is -0.359. The fourth-order valence-corrected chi connectivity index (χ4v) is 6.70. The molecule has 14 nitrogen and oxygen atoms in total. The summed E-state index contributed by atoms with van der Waals surface area (Å²) >= 11 is 0. The lowest BCUT2D eigenvalue weighted by atomic mass is 9.97. The van der Waals surface area contributed by atoms with E-state index in [4.69, 9.17) is 18.9 Å². The number of hydrogen-bond acceptors (Lipinski definition) is 13. The molecule has 0 spiro atoms. The van der Waals surface area contributed by atoms with Gasteiger partial charge in [0.25, 0.3) is 0 Å². The van der Waals surface area contributed by atoms with Crippen LogP contribution in [0.2, 0.25) is 0 Å². The maximum absolute atomic E-state index is 12.9. The second kappa shape index (κ2) is 26.7. The van der Waals surface area contributed by atoms with Crippen molar-refractivity contribution in [3.63, 3.8) is 0 Å². The van der Waals surface area contributed by atoms with E-state index in [0.29, 0.717) is 12.8 Å². The van der Waals surface area contributed by atoms with Crippen LogP contribution in [0.4, 0.5) is 0 Å². The van der Waals surface area contributed by atoms with Crippen LogP contribution >= 0.6 is 0 Å². The van der Waals surface area contributed by atoms with Crippen LogP contribution in [0.3, 0.4) is 0 Å². The molecule has 1 amide bonds. The SMILES string of the molecule is CCCCCCCCCCCC(O)C(COC1OC(CO)C(OC2OC(CO)C(O)C(O)C2O)C(O)C1O)NC(=O)CCCCCCCCCC. The molecule has 12 atom stereocenters. The van der Waals surface area contributed by atoms with Crippen LogP contribution in [0.1, 0.15) is 136 Å². The first kappa shape index (κ1) is 46.1. The molecule has 9 N–H and O–H groups in total. The number of rotatable bonds is 28. The number of aliphatic hydroxyl groups is 8. The summed E-state index contributed by atoms with van der Waals surface area (Å²) in [6, 6.07) is -0.816. The smallest absolute Gasteiger partial charge is 0.220 e. The zero-order chi connectivity index (χ0) is 37.6. The van der Waals surface area contributed by atoms with Crippen molar-refractivity contribution in [1.29, 1.82) is 0 Å². The summed E-state index contributed by atoms with van der Waals surface area (Å²) in [7, 11) is 0. The van der Waals surface area contributed by atoms with Gasteiger partial charge in [0.05, 0.1) is 32.0 Å². The molecule has 2 aliphatic rings. The van der Waals surface area contributed by atoms with Gasteiger partial charge in [-0.15, -0.1) is 0 Å². The number of carbonyl (C=O) groups is 1. The van der Waals surface area contributed by atoms with Crippen LogP contribution in [-0.2, 0) is 23.7 Å². The van der Waals surface area contributed by atoms with Gasteiger partial charge in [0, 0.05) is 6.42 Å². The highest BCUT2D eigenvalue weighted by molar-refractivity contribution is 5.76. The Morgan fingerprint density at radius 2 is 1.12 bits per heavy atom. The fourth-order valence-electron chi connectivity index (χ4n) is 6.70. The summed E-state index contributed by atoms with van der Waals surface area (Å²) in [6.07, 6.45) is 2.97. The molecular weight excluding hydrogens is 666 g/mol. The average molecular weight is 738 g/mol. The van der Waals surface area contributed by atoms with Gasteiger partial charge in [-0.3, -0.25) is 4.79 Å². The zero-order valence-electron chi connectivity index (χ0n) is 31.1. The van der Waals surface area contributed by atoms with E-state index in [0.717, 1.165) is 51.4 Å². The van der Waals surface area contributed by atoms with Crippen LogP contribution < -0.4 is 5.32 Å². The van der Waals surface area contributed by atoms with E-state index in [1.165, 1.54) is 57.8 Å². The van der Waals surface area contributed by atoms with Crippen LogP contribution in [-0.4, -0.2) is 140 Å². The number of unbranched alkanes of at least 4 members (excludes halogenated alkanes) is 15. The summed E-state index contributed by atoms with van der Waals surface area (Å²) in [5, 5.41) is 86.0. The zero-order valence-corrected chi connectivity index (χ0v) is 31.1. The summed E-state index contributed by atoms with van der Waals surface area (Å²) in [5.74, 6) is -0.216. The Morgan fingerprint density at radius 3 is 1.67 bits per heavy atom. The lowest BCUT2D eigenvalue weighted by Gasteiger charge is -2.46. The molecule has 0 aromatic rings. The molecule has 2 rings (SSSR count). The largest absolute Gasteiger partial charge is 0.394 e. The Kier molecular flexibility index (Phi) is 24.2. The van der Waals surface area contributed by atoms with E-state index in [1.807, 2.05) is 0 Å². The molecule has 0 aliphatic carbocycles. The summed E-state index contributed by atoms with van der Waals surface area (Å²) in [4.78, 5) is 12.9. The maximum atomic E-state index is 12.9. The van der Waals surface area contributed by atoms with Gasteiger partial charge in [-0.05, 0) is 12.8 Å². The number of hydrogen-bond donors (Lipinski definition) is 9. The molecule has 0 aromatic carbocycles. The predicted molar refractivity (Wildman–Crippen MR) is 189 cm³/mol. The Labute approximate surface area is 304 Å².